The van der Waals surface area contributed by atoms with Gasteiger partial charge in [-0.15, -0.1) is 0 Å². The van der Waals surface area contributed by atoms with Crippen molar-refractivity contribution >= 4 is 16.7 Å². The Kier molecular flexibility index (Phi) is 4.09. The van der Waals surface area contributed by atoms with E-state index in [2.05, 4.69) is 27.7 Å². The molecule has 0 spiro atoms. The number of hydrogen-bond acceptors (Lipinski definition) is 3. The molecule has 1 unspecified atom stereocenters. The Balaban J connectivity index is 1.96. The van der Waals surface area contributed by atoms with Crippen LogP contribution in [0.15, 0.2) is 30.5 Å². The molecule has 1 saturated carbocycles. The third-order valence-corrected chi connectivity index (χ3v) is 6.25. The molecule has 1 aromatic carbocycles. The van der Waals surface area contributed by atoms with Crippen molar-refractivity contribution in [2.45, 2.75) is 46.8 Å². The summed E-state index contributed by atoms with van der Waals surface area (Å²) in [5, 5.41) is 19.6. The summed E-state index contributed by atoms with van der Waals surface area (Å²) in [7, 11) is 0. The molecule has 3 rings (SSSR count). The minimum atomic E-state index is -0.730. The summed E-state index contributed by atoms with van der Waals surface area (Å²) in [6.07, 6.45) is 1.65. The van der Waals surface area contributed by atoms with Gasteiger partial charge in [-0.25, -0.2) is 0 Å². The first-order chi connectivity index (χ1) is 11.2. The van der Waals surface area contributed by atoms with Gasteiger partial charge in [0, 0.05) is 35.1 Å². The van der Waals surface area contributed by atoms with E-state index in [4.69, 9.17) is 5.11 Å². The molecular weight excluding hydrogens is 302 g/mol. The molecule has 0 amide bonds. The summed E-state index contributed by atoms with van der Waals surface area (Å²) >= 11 is 0. The highest BCUT2D eigenvalue weighted by Gasteiger charge is 2.68. The van der Waals surface area contributed by atoms with Gasteiger partial charge < -0.3 is 14.8 Å². The Hall–Kier alpha value is -1.65. The van der Waals surface area contributed by atoms with Crippen molar-refractivity contribution in [3.63, 3.8) is 0 Å². The number of aryl methyl sites for hydroxylation is 1. The largest absolute Gasteiger partial charge is 0.394 e. The molecule has 4 nitrogen and oxygen atoms in total. The number of rotatable bonds is 6. The van der Waals surface area contributed by atoms with E-state index in [1.54, 1.807) is 0 Å². The van der Waals surface area contributed by atoms with E-state index in [0.717, 1.165) is 16.5 Å². The number of aliphatic hydroxyl groups excluding tert-OH is 2. The van der Waals surface area contributed by atoms with E-state index in [0.29, 0.717) is 13.0 Å². The maximum Gasteiger partial charge on any atom is 0.169 e. The van der Waals surface area contributed by atoms with Gasteiger partial charge in [-0.05, 0) is 23.3 Å². The number of aromatic nitrogens is 1. The standard InChI is InChI=1S/C20H27NO3/c1-19(2)18(20(19,3)4)17(24)15-11-21(10-9-13(23)12-22)16-8-6-5-7-14(15)16/h5-8,11,13,18,22-23H,9-10,12H2,1-4H3. The van der Waals surface area contributed by atoms with Crippen molar-refractivity contribution in [3.8, 4) is 0 Å². The average Bonchev–Trinajstić information content (AvgIpc) is 2.84. The van der Waals surface area contributed by atoms with Gasteiger partial charge in [0.1, 0.15) is 0 Å². The second kappa shape index (κ2) is 5.71. The van der Waals surface area contributed by atoms with Crippen LogP contribution < -0.4 is 0 Å². The fraction of sp³-hybridized carbons (Fsp3) is 0.550. The van der Waals surface area contributed by atoms with Crippen molar-refractivity contribution < 1.29 is 15.0 Å². The quantitative estimate of drug-likeness (QED) is 0.800. The fourth-order valence-corrected chi connectivity index (χ4v) is 4.01. The number of para-hydroxylation sites is 1. The molecule has 1 atom stereocenters. The van der Waals surface area contributed by atoms with Gasteiger partial charge in [-0.3, -0.25) is 4.79 Å². The Morgan fingerprint density at radius 2 is 1.83 bits per heavy atom. The van der Waals surface area contributed by atoms with E-state index >= 15 is 0 Å². The van der Waals surface area contributed by atoms with E-state index < -0.39 is 6.10 Å². The number of benzene rings is 1. The average molecular weight is 329 g/mol. The predicted molar refractivity (Wildman–Crippen MR) is 95.0 cm³/mol. The first-order valence-corrected chi connectivity index (χ1v) is 8.63. The van der Waals surface area contributed by atoms with Crippen LogP contribution >= 0.6 is 0 Å². The van der Waals surface area contributed by atoms with Crippen LogP contribution in [0.1, 0.15) is 44.5 Å². The second-order valence-electron chi connectivity index (χ2n) is 8.12. The molecule has 130 valence electrons. The monoisotopic (exact) mass is 329 g/mol. The molecule has 0 saturated heterocycles. The van der Waals surface area contributed by atoms with E-state index in [1.165, 1.54) is 0 Å². The molecule has 1 aliphatic rings. The van der Waals surface area contributed by atoms with Crippen LogP contribution in [0.5, 0.6) is 0 Å². The number of nitrogens with zero attached hydrogens (tertiary/aromatic N) is 1. The van der Waals surface area contributed by atoms with E-state index in [-0.39, 0.29) is 29.1 Å². The fourth-order valence-electron chi connectivity index (χ4n) is 4.01. The predicted octanol–water partition coefficient (Wildman–Crippen LogP) is 3.25. The molecule has 2 N–H and O–H groups in total. The number of carbonyl (C=O) groups excluding carboxylic acids is 1. The van der Waals surface area contributed by atoms with Crippen LogP contribution in [-0.2, 0) is 6.54 Å². The number of aliphatic hydroxyl groups is 2. The summed E-state index contributed by atoms with van der Waals surface area (Å²) in [6, 6.07) is 7.90. The molecule has 1 aromatic heterocycles. The Morgan fingerprint density at radius 3 is 2.42 bits per heavy atom. The van der Waals surface area contributed by atoms with Crippen LogP contribution in [-0.4, -0.2) is 33.3 Å². The first kappa shape index (κ1) is 17.2. The maximum absolute atomic E-state index is 13.2. The second-order valence-corrected chi connectivity index (χ2v) is 8.12. The van der Waals surface area contributed by atoms with Gasteiger partial charge in [-0.2, -0.15) is 0 Å². The molecule has 24 heavy (non-hydrogen) atoms. The van der Waals surface area contributed by atoms with Crippen LogP contribution in [0.25, 0.3) is 10.9 Å². The molecule has 2 aromatic rings. The Labute approximate surface area is 143 Å². The minimum absolute atomic E-state index is 0.0143. The van der Waals surface area contributed by atoms with Crippen molar-refractivity contribution in [2.24, 2.45) is 16.7 Å². The summed E-state index contributed by atoms with van der Waals surface area (Å²) in [5.74, 6) is 0.245. The highest BCUT2D eigenvalue weighted by Crippen LogP contribution is 2.69. The van der Waals surface area contributed by atoms with Crippen LogP contribution in [0.3, 0.4) is 0 Å². The van der Waals surface area contributed by atoms with Crippen molar-refractivity contribution in [3.05, 3.63) is 36.0 Å². The van der Waals surface area contributed by atoms with Gasteiger partial charge in [0.05, 0.1) is 12.7 Å². The first-order valence-electron chi connectivity index (χ1n) is 8.63. The topological polar surface area (TPSA) is 62.5 Å². The molecular formula is C20H27NO3. The zero-order chi connectivity index (χ0) is 17.7. The van der Waals surface area contributed by atoms with Crippen molar-refractivity contribution in [1.82, 2.24) is 4.57 Å². The lowest BCUT2D eigenvalue weighted by molar-refractivity contribution is 0.0849. The number of fused-ring (bicyclic) bond motifs is 1. The van der Waals surface area contributed by atoms with Crippen LogP contribution in [0.4, 0.5) is 0 Å². The number of hydrogen-bond donors (Lipinski definition) is 2. The number of carbonyl (C=O) groups is 1. The van der Waals surface area contributed by atoms with Crippen LogP contribution in [0.2, 0.25) is 0 Å². The van der Waals surface area contributed by atoms with Gasteiger partial charge in [0.15, 0.2) is 5.78 Å². The SMILES string of the molecule is CC1(C)C(C(=O)c2cn(CCC(O)CO)c3ccccc23)C1(C)C. The van der Waals surface area contributed by atoms with Gasteiger partial charge >= 0.3 is 0 Å². The zero-order valence-corrected chi connectivity index (χ0v) is 14.9. The molecule has 1 fully saturated rings. The maximum atomic E-state index is 13.2. The highest BCUT2D eigenvalue weighted by molar-refractivity contribution is 6.11. The lowest BCUT2D eigenvalue weighted by Crippen LogP contribution is -2.14. The number of Topliss-reactive ketones (excluding diaryl/α,β-unsaturated/α-hetero) is 1. The zero-order valence-electron chi connectivity index (χ0n) is 14.9. The van der Waals surface area contributed by atoms with Gasteiger partial charge in [0.2, 0.25) is 0 Å². The van der Waals surface area contributed by atoms with Gasteiger partial charge in [0.25, 0.3) is 0 Å². The van der Waals surface area contributed by atoms with Crippen molar-refractivity contribution in [1.29, 1.82) is 0 Å². The third kappa shape index (κ3) is 2.49. The third-order valence-electron chi connectivity index (χ3n) is 6.25. The summed E-state index contributed by atoms with van der Waals surface area (Å²) in [4.78, 5) is 13.2. The summed E-state index contributed by atoms with van der Waals surface area (Å²) < 4.78 is 2.02. The molecule has 1 heterocycles. The smallest absolute Gasteiger partial charge is 0.169 e. The van der Waals surface area contributed by atoms with Crippen molar-refractivity contribution in [2.75, 3.05) is 6.61 Å². The molecule has 4 heteroatoms. The molecule has 0 radical (unpaired) electrons. The van der Waals surface area contributed by atoms with Gasteiger partial charge in [-0.1, -0.05) is 45.9 Å². The lowest BCUT2D eigenvalue weighted by Gasteiger charge is -2.08. The minimum Gasteiger partial charge on any atom is -0.394 e. The van der Waals surface area contributed by atoms with Crippen LogP contribution in [0, 0.1) is 16.7 Å². The highest BCUT2D eigenvalue weighted by atomic mass is 16.3. The summed E-state index contributed by atoms with van der Waals surface area (Å²) in [6.45, 7) is 8.97. The molecule has 1 aliphatic carbocycles. The lowest BCUT2D eigenvalue weighted by atomic mass is 10.0. The molecule has 0 bridgehead atoms. The number of ketones is 1. The summed E-state index contributed by atoms with van der Waals surface area (Å²) in [5.41, 5.74) is 1.80. The van der Waals surface area contributed by atoms with E-state index in [1.807, 2.05) is 35.0 Å². The normalized spacial score (nSPS) is 20.2. The molecule has 0 aliphatic heterocycles. The Bertz CT molecular complexity index is 758. The van der Waals surface area contributed by atoms with E-state index in [9.17, 15) is 9.90 Å². The Morgan fingerprint density at radius 1 is 1.21 bits per heavy atom.